The number of Topliss-reactive ketones (excluding diaryl/α,β-unsaturated/α-hetero) is 1. The van der Waals surface area contributed by atoms with Gasteiger partial charge in [-0.15, -0.1) is 0 Å². The molecule has 136 valence electrons. The van der Waals surface area contributed by atoms with E-state index in [0.717, 1.165) is 19.3 Å². The summed E-state index contributed by atoms with van der Waals surface area (Å²) in [6.45, 7) is 5.66. The Labute approximate surface area is 147 Å². The van der Waals surface area contributed by atoms with Gasteiger partial charge in [0.15, 0.2) is 5.78 Å². The van der Waals surface area contributed by atoms with Crippen molar-refractivity contribution in [2.45, 2.75) is 52.6 Å². The summed E-state index contributed by atoms with van der Waals surface area (Å²) < 4.78 is 10.4. The summed E-state index contributed by atoms with van der Waals surface area (Å²) in [6, 6.07) is 0. The quantitative estimate of drug-likeness (QED) is 0.671. The van der Waals surface area contributed by atoms with Gasteiger partial charge < -0.3 is 14.5 Å². The molecule has 1 aromatic heterocycles. The molecule has 2 aliphatic carbocycles. The third-order valence-corrected chi connectivity index (χ3v) is 5.65. The average Bonchev–Trinajstić information content (AvgIpc) is 3.10. The number of hydrogen-bond donors (Lipinski definition) is 1. The molecule has 0 bridgehead atoms. The number of carbonyl (C=O) groups is 3. The molecule has 0 spiro atoms. The number of fused-ring (bicyclic) bond motifs is 1. The Morgan fingerprint density at radius 3 is 2.48 bits per heavy atom. The van der Waals surface area contributed by atoms with Gasteiger partial charge in [0.25, 0.3) is 0 Å². The van der Waals surface area contributed by atoms with Crippen LogP contribution < -0.4 is 0 Å². The van der Waals surface area contributed by atoms with Crippen LogP contribution >= 0.6 is 0 Å². The van der Waals surface area contributed by atoms with Crippen LogP contribution in [0.2, 0.25) is 0 Å². The number of aromatic nitrogens is 1. The fraction of sp³-hybridized carbons (Fsp3) is 0.632. The third kappa shape index (κ3) is 2.98. The number of carbonyl (C=O) groups excluding carboxylic acids is 3. The van der Waals surface area contributed by atoms with E-state index < -0.39 is 17.9 Å². The lowest BCUT2D eigenvalue weighted by atomic mass is 9.77. The molecule has 0 radical (unpaired) electrons. The van der Waals surface area contributed by atoms with Crippen LogP contribution in [0.3, 0.4) is 0 Å². The molecule has 25 heavy (non-hydrogen) atoms. The second-order valence-electron chi connectivity index (χ2n) is 7.38. The van der Waals surface area contributed by atoms with E-state index in [4.69, 9.17) is 9.47 Å². The Bertz CT molecular complexity index is 720. The molecule has 1 N–H and O–H groups in total. The highest BCUT2D eigenvalue weighted by Crippen LogP contribution is 2.35. The van der Waals surface area contributed by atoms with Crippen LogP contribution in [-0.4, -0.2) is 35.9 Å². The van der Waals surface area contributed by atoms with Gasteiger partial charge in [0.05, 0.1) is 7.11 Å². The number of methoxy groups -OCH3 is 1. The van der Waals surface area contributed by atoms with Crippen molar-refractivity contribution >= 4 is 17.7 Å². The van der Waals surface area contributed by atoms with Crippen LogP contribution in [0.4, 0.5) is 0 Å². The smallest absolute Gasteiger partial charge is 0.355 e. The van der Waals surface area contributed by atoms with Gasteiger partial charge in [0, 0.05) is 11.3 Å². The zero-order chi connectivity index (χ0) is 18.3. The van der Waals surface area contributed by atoms with Gasteiger partial charge in [0.2, 0.25) is 0 Å². The highest BCUT2D eigenvalue weighted by atomic mass is 16.5. The van der Waals surface area contributed by atoms with Gasteiger partial charge in [0.1, 0.15) is 17.7 Å². The molecule has 0 aliphatic heterocycles. The monoisotopic (exact) mass is 347 g/mol. The molecule has 2 aliphatic rings. The van der Waals surface area contributed by atoms with Crippen molar-refractivity contribution in [2.75, 3.05) is 7.11 Å². The Morgan fingerprint density at radius 2 is 1.88 bits per heavy atom. The van der Waals surface area contributed by atoms with Crippen LogP contribution in [0.15, 0.2) is 0 Å². The van der Waals surface area contributed by atoms with E-state index in [-0.39, 0.29) is 17.8 Å². The number of esters is 2. The summed E-state index contributed by atoms with van der Waals surface area (Å²) in [5.74, 6) is -1.84. The summed E-state index contributed by atoms with van der Waals surface area (Å²) in [5, 5.41) is 0. The van der Waals surface area contributed by atoms with Crippen molar-refractivity contribution in [3.05, 3.63) is 22.5 Å². The molecule has 6 nitrogen and oxygen atoms in total. The lowest BCUT2D eigenvalue weighted by Gasteiger charge is -2.25. The molecule has 0 amide bonds. The molecule has 4 atom stereocenters. The maximum Gasteiger partial charge on any atom is 0.355 e. The number of ether oxygens (including phenoxy) is 2. The largest absolute Gasteiger partial charge is 0.468 e. The van der Waals surface area contributed by atoms with E-state index in [2.05, 4.69) is 11.9 Å². The Balaban J connectivity index is 1.88. The number of aromatic amines is 1. The van der Waals surface area contributed by atoms with E-state index in [1.54, 1.807) is 6.92 Å². The van der Waals surface area contributed by atoms with Gasteiger partial charge in [-0.05, 0) is 50.0 Å². The highest BCUT2D eigenvalue weighted by Gasteiger charge is 2.42. The Kier molecular flexibility index (Phi) is 4.71. The zero-order valence-corrected chi connectivity index (χ0v) is 15.2. The van der Waals surface area contributed by atoms with E-state index in [9.17, 15) is 14.4 Å². The fourth-order valence-corrected chi connectivity index (χ4v) is 4.15. The molecular weight excluding hydrogens is 322 g/mol. The standard InChI is InChI=1S/C19H25NO5/c1-9-6-5-7-13(9)25-19(23)16-11(3)15-12(20-16)8-10(2)14(17(15)21)18(22)24-4/h9-10,13-14,20H,5-8H2,1-4H3/t9-,10+,13+,14+/m1/s1. The average molecular weight is 347 g/mol. The maximum absolute atomic E-state index is 12.8. The Morgan fingerprint density at radius 1 is 1.16 bits per heavy atom. The summed E-state index contributed by atoms with van der Waals surface area (Å²) in [7, 11) is 1.29. The molecule has 0 aromatic carbocycles. The zero-order valence-electron chi connectivity index (χ0n) is 15.2. The minimum Gasteiger partial charge on any atom is -0.468 e. The summed E-state index contributed by atoms with van der Waals surface area (Å²) in [6.07, 6.45) is 3.47. The van der Waals surface area contributed by atoms with E-state index >= 15 is 0 Å². The molecule has 6 heteroatoms. The van der Waals surface area contributed by atoms with Crippen LogP contribution in [0.25, 0.3) is 0 Å². The predicted molar refractivity (Wildman–Crippen MR) is 90.5 cm³/mol. The summed E-state index contributed by atoms with van der Waals surface area (Å²) >= 11 is 0. The van der Waals surface area contributed by atoms with Crippen molar-refractivity contribution in [1.29, 1.82) is 0 Å². The lowest BCUT2D eigenvalue weighted by molar-refractivity contribution is -0.145. The van der Waals surface area contributed by atoms with Gasteiger partial charge in [-0.3, -0.25) is 9.59 Å². The molecular formula is C19H25NO5. The van der Waals surface area contributed by atoms with E-state index in [0.29, 0.717) is 34.9 Å². The maximum atomic E-state index is 12.8. The first-order valence-electron chi connectivity index (χ1n) is 8.89. The summed E-state index contributed by atoms with van der Waals surface area (Å²) in [5.41, 5.74) is 2.05. The lowest BCUT2D eigenvalue weighted by Crippen LogP contribution is -2.36. The predicted octanol–water partition coefficient (Wildman–Crippen LogP) is 2.83. The van der Waals surface area contributed by atoms with Crippen LogP contribution in [0.5, 0.6) is 0 Å². The van der Waals surface area contributed by atoms with Crippen LogP contribution in [0, 0.1) is 24.7 Å². The highest BCUT2D eigenvalue weighted by molar-refractivity contribution is 6.12. The summed E-state index contributed by atoms with van der Waals surface area (Å²) in [4.78, 5) is 40.4. The Hall–Kier alpha value is -2.11. The van der Waals surface area contributed by atoms with Crippen molar-refractivity contribution in [1.82, 2.24) is 4.98 Å². The third-order valence-electron chi connectivity index (χ3n) is 5.65. The minimum atomic E-state index is -0.814. The number of nitrogens with one attached hydrogen (secondary N) is 1. The second-order valence-corrected chi connectivity index (χ2v) is 7.38. The van der Waals surface area contributed by atoms with Crippen LogP contribution in [0.1, 0.15) is 65.2 Å². The second kappa shape index (κ2) is 6.65. The molecule has 1 saturated carbocycles. The van der Waals surface area contributed by atoms with E-state index in [1.807, 2.05) is 6.92 Å². The molecule has 1 aromatic rings. The van der Waals surface area contributed by atoms with Crippen molar-refractivity contribution in [3.63, 3.8) is 0 Å². The molecule has 0 unspecified atom stereocenters. The number of ketones is 1. The fourth-order valence-electron chi connectivity index (χ4n) is 4.15. The number of hydrogen-bond acceptors (Lipinski definition) is 5. The normalized spacial score (nSPS) is 28.6. The van der Waals surface area contributed by atoms with Gasteiger partial charge in [-0.2, -0.15) is 0 Å². The first kappa shape index (κ1) is 17.7. The first-order chi connectivity index (χ1) is 11.8. The topological polar surface area (TPSA) is 85.5 Å². The van der Waals surface area contributed by atoms with E-state index in [1.165, 1.54) is 7.11 Å². The molecule has 3 rings (SSSR count). The van der Waals surface area contributed by atoms with Gasteiger partial charge in [-0.1, -0.05) is 13.8 Å². The molecule has 0 saturated heterocycles. The van der Waals surface area contributed by atoms with Crippen LogP contribution in [-0.2, 0) is 20.7 Å². The van der Waals surface area contributed by atoms with Crippen molar-refractivity contribution < 1.29 is 23.9 Å². The molecule has 1 fully saturated rings. The SMILES string of the molecule is COC(=O)[C@@H]1C(=O)c2c([nH]c(C(=O)O[C@H]3CCC[C@H]3C)c2C)C[C@@H]1C. The van der Waals surface area contributed by atoms with Crippen molar-refractivity contribution in [3.8, 4) is 0 Å². The number of rotatable bonds is 3. The van der Waals surface area contributed by atoms with Crippen molar-refractivity contribution in [2.24, 2.45) is 17.8 Å². The van der Waals surface area contributed by atoms with Gasteiger partial charge in [-0.25, -0.2) is 4.79 Å². The molecule has 1 heterocycles. The number of H-pyrrole nitrogens is 1. The minimum absolute atomic E-state index is 0.0651. The first-order valence-corrected chi connectivity index (χ1v) is 8.89. The van der Waals surface area contributed by atoms with Gasteiger partial charge >= 0.3 is 11.9 Å².